The van der Waals surface area contributed by atoms with Crippen molar-refractivity contribution in [3.05, 3.63) is 52.0 Å². The minimum Gasteiger partial charge on any atom is -0.497 e. The molecule has 5 nitrogen and oxygen atoms in total. The molecule has 0 saturated heterocycles. The van der Waals surface area contributed by atoms with Crippen molar-refractivity contribution >= 4 is 29.1 Å². The molecular weight excluding hydrogens is 365 g/mol. The molecule has 0 aliphatic carbocycles. The quantitative estimate of drug-likeness (QED) is 0.775. The standard InChI is InChI=1S/C18H19Cl2NO4/c1-11(14-9-13(23-2)5-7-16(14)24-3)21-18(22)10-25-17-6-4-12(19)8-15(17)20/h4-9,11H,10H2,1-3H3,(H,21,22). The first kappa shape index (κ1) is 19.2. The van der Waals surface area contributed by atoms with E-state index in [0.717, 1.165) is 5.56 Å². The molecule has 25 heavy (non-hydrogen) atoms. The summed E-state index contributed by atoms with van der Waals surface area (Å²) in [5, 5.41) is 3.70. The van der Waals surface area contributed by atoms with Crippen LogP contribution in [0.4, 0.5) is 0 Å². The van der Waals surface area contributed by atoms with E-state index in [-0.39, 0.29) is 18.6 Å². The molecule has 0 aromatic heterocycles. The Hall–Kier alpha value is -2.11. The van der Waals surface area contributed by atoms with E-state index in [4.69, 9.17) is 37.4 Å². The summed E-state index contributed by atoms with van der Waals surface area (Å²) in [4.78, 5) is 12.2. The fourth-order valence-electron chi connectivity index (χ4n) is 2.27. The van der Waals surface area contributed by atoms with Gasteiger partial charge in [-0.3, -0.25) is 4.79 Å². The second-order valence-electron chi connectivity index (χ2n) is 5.26. The molecule has 1 atom stereocenters. The Labute approximate surface area is 156 Å². The molecule has 2 aromatic rings. The molecule has 0 fully saturated rings. The van der Waals surface area contributed by atoms with Gasteiger partial charge in [0.2, 0.25) is 0 Å². The number of halogens is 2. The molecule has 0 bridgehead atoms. The molecule has 0 radical (unpaired) electrons. The number of hydrogen-bond donors (Lipinski definition) is 1. The van der Waals surface area contributed by atoms with E-state index in [9.17, 15) is 4.79 Å². The fourth-order valence-corrected chi connectivity index (χ4v) is 2.74. The number of amides is 1. The van der Waals surface area contributed by atoms with Gasteiger partial charge in [0.25, 0.3) is 5.91 Å². The van der Waals surface area contributed by atoms with Crippen LogP contribution in [0, 0.1) is 0 Å². The topological polar surface area (TPSA) is 56.8 Å². The second kappa shape index (κ2) is 8.83. The number of methoxy groups -OCH3 is 2. The third-order valence-corrected chi connectivity index (χ3v) is 4.06. The SMILES string of the molecule is COc1ccc(OC)c(C(C)NC(=O)COc2ccc(Cl)cc2Cl)c1. The van der Waals surface area contributed by atoms with Gasteiger partial charge < -0.3 is 19.5 Å². The van der Waals surface area contributed by atoms with Crippen LogP contribution < -0.4 is 19.5 Å². The lowest BCUT2D eigenvalue weighted by atomic mass is 10.1. The van der Waals surface area contributed by atoms with Crippen molar-refractivity contribution in [1.29, 1.82) is 0 Å². The summed E-state index contributed by atoms with van der Waals surface area (Å²) < 4.78 is 16.0. The third-order valence-electron chi connectivity index (χ3n) is 3.53. The van der Waals surface area contributed by atoms with E-state index in [1.165, 1.54) is 0 Å². The highest BCUT2D eigenvalue weighted by Crippen LogP contribution is 2.29. The van der Waals surface area contributed by atoms with Gasteiger partial charge in [-0.05, 0) is 43.3 Å². The van der Waals surface area contributed by atoms with E-state index in [1.54, 1.807) is 44.6 Å². The zero-order chi connectivity index (χ0) is 18.4. The number of rotatable bonds is 7. The average molecular weight is 384 g/mol. The third kappa shape index (κ3) is 5.18. The van der Waals surface area contributed by atoms with Gasteiger partial charge in [0.15, 0.2) is 6.61 Å². The van der Waals surface area contributed by atoms with Crippen LogP contribution in [-0.4, -0.2) is 26.7 Å². The predicted octanol–water partition coefficient (Wildman–Crippen LogP) is 4.27. The van der Waals surface area contributed by atoms with Gasteiger partial charge in [0.1, 0.15) is 17.2 Å². The van der Waals surface area contributed by atoms with Crippen LogP contribution in [0.3, 0.4) is 0 Å². The maximum atomic E-state index is 12.2. The summed E-state index contributed by atoms with van der Waals surface area (Å²) in [5.41, 5.74) is 0.805. The first-order valence-electron chi connectivity index (χ1n) is 7.53. The van der Waals surface area contributed by atoms with Crippen molar-refractivity contribution in [1.82, 2.24) is 5.32 Å². The van der Waals surface area contributed by atoms with Gasteiger partial charge in [-0.1, -0.05) is 23.2 Å². The van der Waals surface area contributed by atoms with Gasteiger partial charge in [-0.25, -0.2) is 0 Å². The molecular formula is C18H19Cl2NO4. The molecule has 0 spiro atoms. The van der Waals surface area contributed by atoms with Crippen LogP contribution in [0.15, 0.2) is 36.4 Å². The smallest absolute Gasteiger partial charge is 0.258 e. The zero-order valence-electron chi connectivity index (χ0n) is 14.1. The molecule has 7 heteroatoms. The number of carbonyl (C=O) groups is 1. The molecule has 1 N–H and O–H groups in total. The Bertz CT molecular complexity index is 752. The van der Waals surface area contributed by atoms with E-state index < -0.39 is 0 Å². The van der Waals surface area contributed by atoms with E-state index >= 15 is 0 Å². The Morgan fingerprint density at radius 2 is 1.80 bits per heavy atom. The maximum Gasteiger partial charge on any atom is 0.258 e. The normalized spacial score (nSPS) is 11.6. The maximum absolute atomic E-state index is 12.2. The van der Waals surface area contributed by atoms with Crippen molar-refractivity contribution in [2.75, 3.05) is 20.8 Å². The molecule has 134 valence electrons. The summed E-state index contributed by atoms with van der Waals surface area (Å²) >= 11 is 11.8. The number of nitrogens with one attached hydrogen (secondary N) is 1. The van der Waals surface area contributed by atoms with E-state index in [1.807, 2.05) is 13.0 Å². The summed E-state index contributed by atoms with van der Waals surface area (Å²) in [5.74, 6) is 1.45. The van der Waals surface area contributed by atoms with Crippen LogP contribution in [-0.2, 0) is 4.79 Å². The number of hydrogen-bond acceptors (Lipinski definition) is 4. The molecule has 0 saturated carbocycles. The van der Waals surface area contributed by atoms with Crippen LogP contribution >= 0.6 is 23.2 Å². The molecule has 2 aromatic carbocycles. The Morgan fingerprint density at radius 3 is 2.44 bits per heavy atom. The number of benzene rings is 2. The first-order chi connectivity index (χ1) is 11.9. The summed E-state index contributed by atoms with van der Waals surface area (Å²) in [6.45, 7) is 1.68. The molecule has 0 aliphatic rings. The van der Waals surface area contributed by atoms with Crippen molar-refractivity contribution in [3.63, 3.8) is 0 Å². The highest BCUT2D eigenvalue weighted by molar-refractivity contribution is 6.35. The Morgan fingerprint density at radius 1 is 1.08 bits per heavy atom. The van der Waals surface area contributed by atoms with Crippen LogP contribution in [0.25, 0.3) is 0 Å². The molecule has 2 rings (SSSR count). The van der Waals surface area contributed by atoms with Gasteiger partial charge in [0, 0.05) is 10.6 Å². The zero-order valence-corrected chi connectivity index (χ0v) is 15.6. The fraction of sp³-hybridized carbons (Fsp3) is 0.278. The lowest BCUT2D eigenvalue weighted by Crippen LogP contribution is -2.31. The lowest BCUT2D eigenvalue weighted by Gasteiger charge is -2.18. The van der Waals surface area contributed by atoms with E-state index in [2.05, 4.69) is 5.32 Å². The van der Waals surface area contributed by atoms with E-state index in [0.29, 0.717) is 27.3 Å². The monoisotopic (exact) mass is 383 g/mol. The molecule has 0 heterocycles. The lowest BCUT2D eigenvalue weighted by molar-refractivity contribution is -0.123. The summed E-state index contributed by atoms with van der Waals surface area (Å²) in [6, 6.07) is 9.93. The van der Waals surface area contributed by atoms with Crippen LogP contribution in [0.5, 0.6) is 17.2 Å². The molecule has 1 amide bonds. The minimum atomic E-state index is -0.290. The van der Waals surface area contributed by atoms with Gasteiger partial charge in [0.05, 0.1) is 25.3 Å². The van der Waals surface area contributed by atoms with Crippen molar-refractivity contribution < 1.29 is 19.0 Å². The molecule has 1 unspecified atom stereocenters. The minimum absolute atomic E-state index is 0.169. The highest BCUT2D eigenvalue weighted by atomic mass is 35.5. The van der Waals surface area contributed by atoms with Gasteiger partial charge in [-0.2, -0.15) is 0 Å². The summed E-state index contributed by atoms with van der Waals surface area (Å²) in [7, 11) is 3.16. The van der Waals surface area contributed by atoms with Crippen molar-refractivity contribution in [2.45, 2.75) is 13.0 Å². The Kier molecular flexibility index (Phi) is 6.79. The largest absolute Gasteiger partial charge is 0.497 e. The van der Waals surface area contributed by atoms with Crippen molar-refractivity contribution in [3.8, 4) is 17.2 Å². The molecule has 0 aliphatic heterocycles. The van der Waals surface area contributed by atoms with Crippen LogP contribution in [0.1, 0.15) is 18.5 Å². The average Bonchev–Trinajstić information content (AvgIpc) is 2.60. The highest BCUT2D eigenvalue weighted by Gasteiger charge is 2.16. The van der Waals surface area contributed by atoms with Crippen LogP contribution in [0.2, 0.25) is 10.0 Å². The van der Waals surface area contributed by atoms with Crippen molar-refractivity contribution in [2.24, 2.45) is 0 Å². The number of carbonyl (C=O) groups excluding carboxylic acids is 1. The summed E-state index contributed by atoms with van der Waals surface area (Å²) in [6.07, 6.45) is 0. The first-order valence-corrected chi connectivity index (χ1v) is 8.29. The van der Waals surface area contributed by atoms with Gasteiger partial charge >= 0.3 is 0 Å². The Balaban J connectivity index is 2.00. The second-order valence-corrected chi connectivity index (χ2v) is 6.10. The van der Waals surface area contributed by atoms with Gasteiger partial charge in [-0.15, -0.1) is 0 Å². The number of ether oxygens (including phenoxy) is 3. The predicted molar refractivity (Wildman–Crippen MR) is 98.1 cm³/mol.